The van der Waals surface area contributed by atoms with Crippen LogP contribution >= 0.6 is 23.1 Å². The lowest BCUT2D eigenvalue weighted by Crippen LogP contribution is -2.43. The van der Waals surface area contributed by atoms with Crippen LogP contribution in [0.5, 0.6) is 0 Å². The molecule has 1 aromatic heterocycles. The van der Waals surface area contributed by atoms with Crippen molar-refractivity contribution in [2.75, 3.05) is 24.7 Å². The molecule has 162 valence electrons. The number of alkyl carbamates (subject to hydrolysis) is 1. The van der Waals surface area contributed by atoms with Gasteiger partial charge < -0.3 is 25.4 Å². The lowest BCUT2D eigenvalue weighted by atomic mass is 10.2. The molecule has 0 fully saturated rings. The van der Waals surface area contributed by atoms with Gasteiger partial charge in [0.1, 0.15) is 10.6 Å². The molecule has 0 radical (unpaired) electrons. The van der Waals surface area contributed by atoms with Crippen LogP contribution in [-0.2, 0) is 19.1 Å². The molecule has 0 saturated heterocycles. The summed E-state index contributed by atoms with van der Waals surface area (Å²) < 4.78 is 10.4. The summed E-state index contributed by atoms with van der Waals surface area (Å²) in [7, 11) is 0. The normalized spacial score (nSPS) is 11.9. The SMILES string of the molecule is CSc1nc(C(=O)NC(C)CNC(=O)OC(C)(C)C)c(NC(=O)COC(C)=O)s1. The molecule has 0 aromatic carbocycles. The monoisotopic (exact) mass is 446 g/mol. The van der Waals surface area contributed by atoms with Crippen molar-refractivity contribution in [2.24, 2.45) is 0 Å². The quantitative estimate of drug-likeness (QED) is 0.408. The van der Waals surface area contributed by atoms with E-state index < -0.39 is 42.1 Å². The summed E-state index contributed by atoms with van der Waals surface area (Å²) in [5.41, 5.74) is -0.579. The molecule has 29 heavy (non-hydrogen) atoms. The van der Waals surface area contributed by atoms with Crippen LogP contribution in [0.2, 0.25) is 0 Å². The van der Waals surface area contributed by atoms with Crippen LogP contribution in [0.15, 0.2) is 4.34 Å². The highest BCUT2D eigenvalue weighted by Gasteiger charge is 2.22. The van der Waals surface area contributed by atoms with E-state index in [-0.39, 0.29) is 17.2 Å². The second kappa shape index (κ2) is 11.0. The van der Waals surface area contributed by atoms with Gasteiger partial charge in [-0.05, 0) is 34.0 Å². The average molecular weight is 447 g/mol. The third kappa shape index (κ3) is 9.61. The van der Waals surface area contributed by atoms with Gasteiger partial charge in [0.05, 0.1) is 0 Å². The lowest BCUT2D eigenvalue weighted by molar-refractivity contribution is -0.144. The second-order valence-electron chi connectivity index (χ2n) is 6.95. The van der Waals surface area contributed by atoms with Crippen molar-refractivity contribution in [3.8, 4) is 0 Å². The number of anilines is 1. The van der Waals surface area contributed by atoms with Crippen LogP contribution in [0.3, 0.4) is 0 Å². The smallest absolute Gasteiger partial charge is 0.407 e. The minimum atomic E-state index is -0.620. The molecular formula is C17H26N4O6S2. The second-order valence-corrected chi connectivity index (χ2v) is 9.00. The Morgan fingerprint density at radius 3 is 2.45 bits per heavy atom. The van der Waals surface area contributed by atoms with E-state index >= 15 is 0 Å². The van der Waals surface area contributed by atoms with Gasteiger partial charge in [0.25, 0.3) is 11.8 Å². The zero-order valence-electron chi connectivity index (χ0n) is 17.2. The van der Waals surface area contributed by atoms with Gasteiger partial charge in [0, 0.05) is 19.5 Å². The number of rotatable bonds is 8. The largest absolute Gasteiger partial charge is 0.456 e. The van der Waals surface area contributed by atoms with Gasteiger partial charge in [0.15, 0.2) is 16.6 Å². The first kappa shape index (κ1) is 24.7. The Morgan fingerprint density at radius 1 is 1.24 bits per heavy atom. The highest BCUT2D eigenvalue weighted by atomic mass is 32.2. The van der Waals surface area contributed by atoms with Crippen molar-refractivity contribution in [1.29, 1.82) is 0 Å². The fourth-order valence-electron chi connectivity index (χ4n) is 1.85. The van der Waals surface area contributed by atoms with Crippen molar-refractivity contribution in [3.05, 3.63) is 5.69 Å². The third-order valence-electron chi connectivity index (χ3n) is 2.99. The Hall–Kier alpha value is -2.34. The van der Waals surface area contributed by atoms with E-state index in [1.54, 1.807) is 34.0 Å². The van der Waals surface area contributed by atoms with Gasteiger partial charge in [0.2, 0.25) is 0 Å². The van der Waals surface area contributed by atoms with Crippen LogP contribution in [0.4, 0.5) is 9.80 Å². The van der Waals surface area contributed by atoms with Gasteiger partial charge in [-0.2, -0.15) is 0 Å². The number of ether oxygens (including phenoxy) is 2. The van der Waals surface area contributed by atoms with Crippen LogP contribution in [0.1, 0.15) is 45.1 Å². The van der Waals surface area contributed by atoms with Gasteiger partial charge in [-0.1, -0.05) is 23.1 Å². The summed E-state index contributed by atoms with van der Waals surface area (Å²) >= 11 is 2.45. The minimum absolute atomic E-state index is 0.0413. The van der Waals surface area contributed by atoms with Gasteiger partial charge >= 0.3 is 12.1 Å². The number of nitrogens with zero attached hydrogens (tertiary/aromatic N) is 1. The highest BCUT2D eigenvalue weighted by molar-refractivity contribution is 8.00. The molecular weight excluding hydrogens is 420 g/mol. The van der Waals surface area contributed by atoms with Gasteiger partial charge in [-0.25, -0.2) is 9.78 Å². The maximum atomic E-state index is 12.6. The summed E-state index contributed by atoms with van der Waals surface area (Å²) in [6, 6.07) is -0.418. The number of aromatic nitrogens is 1. The number of amides is 3. The molecule has 3 amide bonds. The molecule has 1 aromatic rings. The van der Waals surface area contributed by atoms with E-state index in [1.165, 1.54) is 18.7 Å². The first-order chi connectivity index (χ1) is 13.4. The first-order valence-corrected chi connectivity index (χ1v) is 10.7. The number of thiazole rings is 1. The molecule has 1 unspecified atom stereocenters. The predicted molar refractivity (Wildman–Crippen MR) is 110 cm³/mol. The Kier molecular flexibility index (Phi) is 9.37. The Balaban J connectivity index is 2.70. The van der Waals surface area contributed by atoms with Crippen molar-refractivity contribution >= 4 is 52.0 Å². The minimum Gasteiger partial charge on any atom is -0.456 e. The molecule has 0 spiro atoms. The molecule has 10 nitrogen and oxygen atoms in total. The van der Waals surface area contributed by atoms with E-state index in [9.17, 15) is 19.2 Å². The summed E-state index contributed by atoms with van der Waals surface area (Å²) in [5.74, 6) is -1.67. The van der Waals surface area contributed by atoms with Crippen LogP contribution in [-0.4, -0.2) is 59.9 Å². The van der Waals surface area contributed by atoms with E-state index in [0.29, 0.717) is 4.34 Å². The zero-order chi connectivity index (χ0) is 22.2. The van der Waals surface area contributed by atoms with E-state index in [1.807, 2.05) is 0 Å². The molecule has 1 heterocycles. The number of carbonyl (C=O) groups is 4. The van der Waals surface area contributed by atoms with E-state index in [2.05, 4.69) is 25.7 Å². The van der Waals surface area contributed by atoms with Crippen molar-refractivity contribution in [3.63, 3.8) is 0 Å². The number of thioether (sulfide) groups is 1. The molecule has 0 bridgehead atoms. The lowest BCUT2D eigenvalue weighted by Gasteiger charge is -2.21. The fraction of sp³-hybridized carbons (Fsp3) is 0.588. The summed E-state index contributed by atoms with van der Waals surface area (Å²) in [6.45, 7) is 7.84. The van der Waals surface area contributed by atoms with Crippen molar-refractivity contribution in [2.45, 2.75) is 50.6 Å². The number of esters is 1. The van der Waals surface area contributed by atoms with Crippen molar-refractivity contribution in [1.82, 2.24) is 15.6 Å². The summed E-state index contributed by atoms with van der Waals surface area (Å²) in [6.07, 6.45) is 1.20. The van der Waals surface area contributed by atoms with E-state index in [4.69, 9.17) is 4.74 Å². The molecule has 1 atom stereocenters. The molecule has 12 heteroatoms. The summed E-state index contributed by atoms with van der Waals surface area (Å²) in [4.78, 5) is 51.2. The van der Waals surface area contributed by atoms with Crippen molar-refractivity contribution < 1.29 is 28.7 Å². The maximum Gasteiger partial charge on any atom is 0.407 e. The number of hydrogen-bond acceptors (Lipinski definition) is 9. The topological polar surface area (TPSA) is 136 Å². The van der Waals surface area contributed by atoms with Crippen LogP contribution < -0.4 is 16.0 Å². The molecule has 0 aliphatic carbocycles. The standard InChI is InChI=1S/C17H26N4O6S2/c1-9(7-18-15(25)27-17(3,4)5)19-13(24)12-14(29-16(21-12)28-6)20-11(23)8-26-10(2)22/h9H,7-8H2,1-6H3,(H,18,25)(H,19,24)(H,20,23). The number of hydrogen-bond donors (Lipinski definition) is 3. The van der Waals surface area contributed by atoms with Crippen LogP contribution in [0, 0.1) is 0 Å². The van der Waals surface area contributed by atoms with E-state index in [0.717, 1.165) is 11.3 Å². The third-order valence-corrected chi connectivity index (χ3v) is 4.94. The van der Waals surface area contributed by atoms with Gasteiger partial charge in [-0.3, -0.25) is 14.4 Å². The van der Waals surface area contributed by atoms with Crippen LogP contribution in [0.25, 0.3) is 0 Å². The Morgan fingerprint density at radius 2 is 1.90 bits per heavy atom. The molecule has 0 saturated carbocycles. The molecule has 1 rings (SSSR count). The Labute approximate surface area is 177 Å². The first-order valence-electron chi connectivity index (χ1n) is 8.67. The Bertz CT molecular complexity index is 760. The zero-order valence-corrected chi connectivity index (χ0v) is 18.8. The van der Waals surface area contributed by atoms with Gasteiger partial charge in [-0.15, -0.1) is 0 Å². The summed E-state index contributed by atoms with van der Waals surface area (Å²) in [5, 5.41) is 8.05. The molecule has 0 aliphatic heterocycles. The predicted octanol–water partition coefficient (Wildman–Crippen LogP) is 2.01. The highest BCUT2D eigenvalue weighted by Crippen LogP contribution is 2.30. The average Bonchev–Trinajstić information content (AvgIpc) is 2.99. The molecule has 3 N–H and O–H groups in total. The number of carbonyl (C=O) groups excluding carboxylic acids is 4. The fourth-order valence-corrected chi connectivity index (χ4v) is 3.33. The molecule has 0 aliphatic rings. The number of nitrogens with one attached hydrogen (secondary N) is 3. The maximum absolute atomic E-state index is 12.6.